The number of nitrogens with one attached hydrogen (secondary N) is 1. The number of methoxy groups -OCH3 is 2. The van der Waals surface area contributed by atoms with Gasteiger partial charge >= 0.3 is 0 Å². The van der Waals surface area contributed by atoms with Crippen molar-refractivity contribution in [2.45, 2.75) is 6.17 Å². The van der Waals surface area contributed by atoms with Gasteiger partial charge < -0.3 is 14.8 Å². The molecule has 186 valence electrons. The number of carbonyl (C=O) groups excluding carboxylic acids is 1. The van der Waals surface area contributed by atoms with Crippen LogP contribution in [0.2, 0.25) is 20.1 Å². The van der Waals surface area contributed by atoms with Crippen LogP contribution in [0.15, 0.2) is 47.6 Å². The van der Waals surface area contributed by atoms with Gasteiger partial charge in [-0.05, 0) is 30.3 Å². The Kier molecular flexibility index (Phi) is 7.46. The minimum Gasteiger partial charge on any atom is -0.495 e. The Labute approximate surface area is 225 Å². The fourth-order valence-corrected chi connectivity index (χ4v) is 4.92. The van der Waals surface area contributed by atoms with Crippen molar-refractivity contribution in [2.75, 3.05) is 19.5 Å². The molecule has 0 spiro atoms. The van der Waals surface area contributed by atoms with E-state index in [0.29, 0.717) is 21.9 Å². The number of carbonyl (C=O) groups is 1. The zero-order chi connectivity index (χ0) is 26.1. The largest absolute Gasteiger partial charge is 0.495 e. The second-order valence-corrected chi connectivity index (χ2v) is 9.14. The molecule has 36 heavy (non-hydrogen) atoms. The van der Waals surface area contributed by atoms with E-state index in [1.807, 2.05) is 0 Å². The van der Waals surface area contributed by atoms with Crippen LogP contribution in [-0.2, 0) is 0 Å². The minimum atomic E-state index is -1.00. The Balaban J connectivity index is 1.89. The van der Waals surface area contributed by atoms with E-state index in [-0.39, 0.29) is 37.8 Å². The van der Waals surface area contributed by atoms with Crippen molar-refractivity contribution in [1.29, 1.82) is 0 Å². The highest BCUT2D eigenvalue weighted by Gasteiger charge is 2.36. The van der Waals surface area contributed by atoms with Gasteiger partial charge in [-0.3, -0.25) is 14.9 Å². The number of hydrazone groups is 1. The summed E-state index contributed by atoms with van der Waals surface area (Å²) in [5, 5.41) is 21.0. The van der Waals surface area contributed by atoms with Crippen molar-refractivity contribution >= 4 is 69.9 Å². The van der Waals surface area contributed by atoms with E-state index in [4.69, 9.17) is 55.9 Å². The lowest BCUT2D eigenvalue weighted by Crippen LogP contribution is -2.40. The predicted octanol–water partition coefficient (Wildman–Crippen LogP) is 6.83. The van der Waals surface area contributed by atoms with E-state index in [2.05, 4.69) is 10.4 Å². The second-order valence-electron chi connectivity index (χ2n) is 7.45. The lowest BCUT2D eigenvalue weighted by Gasteiger charge is -2.35. The normalized spacial score (nSPS) is 15.0. The number of non-ortho nitro benzene ring substituents is 1. The van der Waals surface area contributed by atoms with Crippen molar-refractivity contribution in [3.8, 4) is 11.5 Å². The Morgan fingerprint density at radius 3 is 2.28 bits per heavy atom. The number of fused-ring (bicyclic) bond motifs is 1. The number of nitro groups is 1. The number of nitro benzene ring substituents is 1. The molecule has 1 atom stereocenters. The van der Waals surface area contributed by atoms with E-state index in [9.17, 15) is 14.9 Å². The van der Waals surface area contributed by atoms with Gasteiger partial charge in [0.1, 0.15) is 11.5 Å². The van der Waals surface area contributed by atoms with Crippen LogP contribution in [0.4, 0.5) is 11.4 Å². The van der Waals surface area contributed by atoms with E-state index in [0.717, 1.165) is 5.01 Å². The number of rotatable bonds is 6. The molecule has 3 aromatic carbocycles. The summed E-state index contributed by atoms with van der Waals surface area (Å²) in [5.74, 6) is -0.00726. The SMILES string of the molecule is COc1c(Cl)cc(Cl)cc1/C=N\N1C(=O)c2ccc([N+](=O)[O-])cc2N[C@@H]1c1cc(Cl)cc(Cl)c1OC. The zero-order valence-electron chi connectivity index (χ0n) is 18.6. The summed E-state index contributed by atoms with van der Waals surface area (Å²) in [6.07, 6.45) is 0.355. The predicted molar refractivity (Wildman–Crippen MR) is 139 cm³/mol. The van der Waals surface area contributed by atoms with Crippen molar-refractivity contribution in [3.05, 3.63) is 89.4 Å². The van der Waals surface area contributed by atoms with Crippen molar-refractivity contribution in [3.63, 3.8) is 0 Å². The molecule has 0 bridgehead atoms. The van der Waals surface area contributed by atoms with Crippen LogP contribution >= 0.6 is 46.4 Å². The lowest BCUT2D eigenvalue weighted by molar-refractivity contribution is -0.384. The van der Waals surface area contributed by atoms with E-state index >= 15 is 0 Å². The molecule has 0 aliphatic carbocycles. The number of hydrogen-bond donors (Lipinski definition) is 1. The van der Waals surface area contributed by atoms with Gasteiger partial charge in [0.15, 0.2) is 6.17 Å². The Morgan fingerprint density at radius 1 is 1.00 bits per heavy atom. The van der Waals surface area contributed by atoms with Crippen LogP contribution < -0.4 is 14.8 Å². The molecule has 3 aromatic rings. The molecule has 13 heteroatoms. The van der Waals surface area contributed by atoms with E-state index in [1.165, 1.54) is 50.8 Å². The molecule has 0 fully saturated rings. The summed E-state index contributed by atoms with van der Waals surface area (Å²) in [6.45, 7) is 0. The van der Waals surface area contributed by atoms with E-state index < -0.39 is 17.0 Å². The molecule has 0 saturated carbocycles. The molecule has 1 N–H and O–H groups in total. The molecule has 0 aromatic heterocycles. The minimum absolute atomic E-state index is 0.164. The van der Waals surface area contributed by atoms with Crippen LogP contribution in [0, 0.1) is 10.1 Å². The number of hydrogen-bond acceptors (Lipinski definition) is 7. The van der Waals surface area contributed by atoms with Crippen molar-refractivity contribution < 1.29 is 19.2 Å². The number of amides is 1. The Morgan fingerprint density at radius 2 is 1.64 bits per heavy atom. The fourth-order valence-electron chi connectivity index (χ4n) is 3.74. The van der Waals surface area contributed by atoms with Gasteiger partial charge in [0.25, 0.3) is 11.6 Å². The molecule has 4 rings (SSSR count). The fraction of sp³-hybridized carbons (Fsp3) is 0.130. The first-order valence-corrected chi connectivity index (χ1v) is 11.6. The summed E-state index contributed by atoms with van der Waals surface area (Å²) in [7, 11) is 2.85. The highest BCUT2D eigenvalue weighted by Crippen LogP contribution is 2.42. The Bertz CT molecular complexity index is 1420. The third-order valence-corrected chi connectivity index (χ3v) is 6.29. The number of anilines is 1. The highest BCUT2D eigenvalue weighted by atomic mass is 35.5. The summed E-state index contributed by atoms with van der Waals surface area (Å²) in [4.78, 5) is 24.3. The molecule has 0 unspecified atom stereocenters. The molecule has 1 aliphatic heterocycles. The third-order valence-electron chi connectivity index (χ3n) is 5.29. The first-order chi connectivity index (χ1) is 17.1. The third kappa shape index (κ3) is 4.87. The maximum absolute atomic E-state index is 13.6. The van der Waals surface area contributed by atoms with Crippen LogP contribution in [0.5, 0.6) is 11.5 Å². The van der Waals surface area contributed by atoms with Crippen LogP contribution in [0.25, 0.3) is 0 Å². The molecule has 1 heterocycles. The lowest BCUT2D eigenvalue weighted by atomic mass is 10.0. The maximum Gasteiger partial charge on any atom is 0.278 e. The second kappa shape index (κ2) is 10.4. The Hall–Kier alpha value is -3.24. The van der Waals surface area contributed by atoms with Crippen LogP contribution in [-0.4, -0.2) is 36.3 Å². The maximum atomic E-state index is 13.6. The number of nitrogens with zero attached hydrogens (tertiary/aromatic N) is 3. The van der Waals surface area contributed by atoms with Gasteiger partial charge in [-0.25, -0.2) is 5.01 Å². The standard InChI is InChI=1S/C23H16Cl4N4O5/c1-35-20-11(5-12(24)7-17(20)26)10-28-30-22(16-6-13(25)8-18(27)21(16)36-2)29-19-9-14(31(33)34)3-4-15(19)23(30)32/h3-10,22,29H,1-2H3/b28-10-/t22-/m0/s1. The van der Waals surface area contributed by atoms with Crippen molar-refractivity contribution in [1.82, 2.24) is 5.01 Å². The molecule has 9 nitrogen and oxygen atoms in total. The zero-order valence-corrected chi connectivity index (χ0v) is 21.6. The van der Waals surface area contributed by atoms with Gasteiger partial charge in [-0.2, -0.15) is 5.10 Å². The van der Waals surface area contributed by atoms with Crippen LogP contribution in [0.3, 0.4) is 0 Å². The summed E-state index contributed by atoms with van der Waals surface area (Å²) in [6, 6.07) is 9.97. The summed E-state index contributed by atoms with van der Waals surface area (Å²) in [5.41, 5.74) is 0.976. The van der Waals surface area contributed by atoms with Gasteiger partial charge in [0.05, 0.1) is 46.7 Å². The molecule has 0 saturated heterocycles. The molecular weight excluding hydrogens is 554 g/mol. The highest BCUT2D eigenvalue weighted by molar-refractivity contribution is 6.36. The van der Waals surface area contributed by atoms with Gasteiger partial charge in [-0.15, -0.1) is 0 Å². The monoisotopic (exact) mass is 568 g/mol. The first kappa shape index (κ1) is 25.8. The first-order valence-electron chi connectivity index (χ1n) is 10.1. The van der Waals surface area contributed by atoms with Crippen molar-refractivity contribution in [2.24, 2.45) is 5.10 Å². The molecule has 0 radical (unpaired) electrons. The quantitative estimate of drug-likeness (QED) is 0.198. The average molecular weight is 570 g/mol. The van der Waals surface area contributed by atoms with Crippen LogP contribution in [0.1, 0.15) is 27.7 Å². The van der Waals surface area contributed by atoms with Gasteiger partial charge in [0.2, 0.25) is 0 Å². The number of benzene rings is 3. The molecule has 1 aliphatic rings. The molecular formula is C23H16Cl4N4O5. The topological polar surface area (TPSA) is 106 Å². The summed E-state index contributed by atoms with van der Waals surface area (Å²) >= 11 is 25.0. The smallest absolute Gasteiger partial charge is 0.278 e. The summed E-state index contributed by atoms with van der Waals surface area (Å²) < 4.78 is 10.8. The average Bonchev–Trinajstić information content (AvgIpc) is 2.82. The number of halogens is 4. The molecule has 1 amide bonds. The van der Waals surface area contributed by atoms with E-state index in [1.54, 1.807) is 12.1 Å². The van der Waals surface area contributed by atoms with Gasteiger partial charge in [-0.1, -0.05) is 46.4 Å². The number of ether oxygens (including phenoxy) is 2. The van der Waals surface area contributed by atoms with Gasteiger partial charge in [0, 0.05) is 33.3 Å².